The van der Waals surface area contributed by atoms with E-state index in [1.54, 1.807) is 6.20 Å². The van der Waals surface area contributed by atoms with E-state index in [0.717, 1.165) is 106 Å². The third-order valence-corrected chi connectivity index (χ3v) is 10.5. The molecule has 0 amide bonds. The summed E-state index contributed by atoms with van der Waals surface area (Å²) in [6.07, 6.45) is 4.47. The van der Waals surface area contributed by atoms with Crippen LogP contribution in [0.4, 0.5) is 18.9 Å². The Hall–Kier alpha value is -2.88. The highest BCUT2D eigenvalue weighted by Gasteiger charge is 2.43. The summed E-state index contributed by atoms with van der Waals surface area (Å²) in [5, 5.41) is 0.116. The molecular formula is C33H39ClF3N5O. The van der Waals surface area contributed by atoms with Crippen molar-refractivity contribution in [1.29, 1.82) is 0 Å². The van der Waals surface area contributed by atoms with Crippen LogP contribution in [0.15, 0.2) is 53.2 Å². The lowest BCUT2D eigenvalue weighted by molar-refractivity contribution is -0.137. The normalized spacial score (nSPS) is 22.8. The standard InChI is InChI=1S/C33H39ClF3N5O/c1-22-13-27(5-3-24(22)21-43)41-19-29(20-41)42-17-28(18-42)40-11-7-23(8-12-40)25(15-38)16-39-32(9-2-10-32)30-6-4-26(14-31(30)34)33(35,36)37/h3-6,13-16,21,23,28-29H,2,7-12,17-20,38H2,1H3. The number of benzene rings is 2. The number of alkyl halides is 3. The van der Waals surface area contributed by atoms with Gasteiger partial charge >= 0.3 is 6.18 Å². The number of aliphatic imine (C=N–C) groups is 1. The molecule has 43 heavy (non-hydrogen) atoms. The molecule has 0 aromatic heterocycles. The van der Waals surface area contributed by atoms with Gasteiger partial charge in [-0.1, -0.05) is 17.7 Å². The van der Waals surface area contributed by atoms with Crippen molar-refractivity contribution in [1.82, 2.24) is 9.80 Å². The molecule has 230 valence electrons. The summed E-state index contributed by atoms with van der Waals surface area (Å²) < 4.78 is 39.5. The van der Waals surface area contributed by atoms with Crippen molar-refractivity contribution in [3.05, 3.63) is 75.4 Å². The predicted octanol–water partition coefficient (Wildman–Crippen LogP) is 6.06. The van der Waals surface area contributed by atoms with Crippen molar-refractivity contribution < 1.29 is 18.0 Å². The third-order valence-electron chi connectivity index (χ3n) is 10.2. The SMILES string of the molecule is Cc1cc(N2CC(N3CC(N4CCC(C(C=NC5(c6ccc(C(F)(F)F)cc6Cl)CCC5)=CN)CC4)C3)C2)ccc1C=O. The Kier molecular flexibility index (Phi) is 8.35. The Balaban J connectivity index is 0.983. The van der Waals surface area contributed by atoms with E-state index in [1.807, 2.05) is 25.3 Å². The molecule has 2 aromatic carbocycles. The highest BCUT2D eigenvalue weighted by molar-refractivity contribution is 6.31. The summed E-state index contributed by atoms with van der Waals surface area (Å²) in [7, 11) is 0. The molecule has 0 spiro atoms. The first-order valence-corrected chi connectivity index (χ1v) is 15.6. The summed E-state index contributed by atoms with van der Waals surface area (Å²) in [6, 6.07) is 10.8. The van der Waals surface area contributed by atoms with Gasteiger partial charge in [-0.25, -0.2) is 0 Å². The zero-order chi connectivity index (χ0) is 30.4. The lowest BCUT2D eigenvalue weighted by atomic mass is 9.72. The molecular weight excluding hydrogens is 575 g/mol. The largest absolute Gasteiger partial charge is 0.416 e. The molecule has 3 saturated heterocycles. The van der Waals surface area contributed by atoms with Crippen LogP contribution in [0.3, 0.4) is 0 Å². The Bertz CT molecular complexity index is 1400. The van der Waals surface area contributed by atoms with Crippen LogP contribution in [-0.4, -0.2) is 73.7 Å². The van der Waals surface area contributed by atoms with E-state index in [1.165, 1.54) is 11.8 Å². The number of halogens is 4. The fourth-order valence-electron chi connectivity index (χ4n) is 7.03. The molecule has 4 aliphatic rings. The van der Waals surface area contributed by atoms with Gasteiger partial charge < -0.3 is 10.6 Å². The molecule has 3 heterocycles. The number of carbonyl (C=O) groups excluding carboxylic acids is 1. The first-order chi connectivity index (χ1) is 20.6. The van der Waals surface area contributed by atoms with E-state index in [0.29, 0.717) is 23.6 Å². The zero-order valence-electron chi connectivity index (χ0n) is 24.5. The molecule has 0 bridgehead atoms. The fraction of sp³-hybridized carbons (Fsp3) is 0.515. The summed E-state index contributed by atoms with van der Waals surface area (Å²) in [4.78, 5) is 23.6. The number of nitrogens with zero attached hydrogens (tertiary/aromatic N) is 4. The fourth-order valence-corrected chi connectivity index (χ4v) is 7.39. The van der Waals surface area contributed by atoms with Crippen LogP contribution in [0, 0.1) is 12.8 Å². The number of anilines is 1. The van der Waals surface area contributed by atoms with Crippen LogP contribution in [0.5, 0.6) is 0 Å². The maximum Gasteiger partial charge on any atom is 0.416 e. The van der Waals surface area contributed by atoms with Crippen molar-refractivity contribution in [2.45, 2.75) is 62.8 Å². The van der Waals surface area contributed by atoms with Crippen molar-refractivity contribution in [3.63, 3.8) is 0 Å². The monoisotopic (exact) mass is 613 g/mol. The van der Waals surface area contributed by atoms with Gasteiger partial charge in [0.15, 0.2) is 0 Å². The first-order valence-electron chi connectivity index (χ1n) is 15.2. The molecule has 4 fully saturated rings. The number of likely N-dealkylation sites (tertiary alicyclic amines) is 2. The summed E-state index contributed by atoms with van der Waals surface area (Å²) in [5.74, 6) is 0.315. The molecule has 6 rings (SSSR count). The molecule has 2 N–H and O–H groups in total. The summed E-state index contributed by atoms with van der Waals surface area (Å²) in [6.45, 7) is 8.27. The van der Waals surface area contributed by atoms with Gasteiger partial charge in [0.2, 0.25) is 0 Å². The molecule has 3 aliphatic heterocycles. The minimum Gasteiger partial charge on any atom is -0.404 e. The number of aryl methyl sites for hydroxylation is 1. The van der Waals surface area contributed by atoms with Gasteiger partial charge in [0.05, 0.1) is 11.1 Å². The van der Waals surface area contributed by atoms with Crippen LogP contribution in [0.2, 0.25) is 5.02 Å². The highest BCUT2D eigenvalue weighted by Crippen LogP contribution is 2.48. The van der Waals surface area contributed by atoms with Gasteiger partial charge in [-0.2, -0.15) is 13.2 Å². The minimum absolute atomic E-state index is 0.116. The molecule has 6 nitrogen and oxygen atoms in total. The van der Waals surface area contributed by atoms with Crippen LogP contribution in [0.25, 0.3) is 0 Å². The Morgan fingerprint density at radius 1 is 1.02 bits per heavy atom. The van der Waals surface area contributed by atoms with E-state index < -0.39 is 17.3 Å². The average Bonchev–Trinajstić information content (AvgIpc) is 2.91. The lowest BCUT2D eigenvalue weighted by Crippen LogP contribution is -2.70. The van der Waals surface area contributed by atoms with Gasteiger partial charge in [0, 0.05) is 60.8 Å². The van der Waals surface area contributed by atoms with E-state index in [4.69, 9.17) is 22.3 Å². The average molecular weight is 614 g/mol. The van der Waals surface area contributed by atoms with Crippen molar-refractivity contribution in [2.75, 3.05) is 44.2 Å². The second kappa shape index (κ2) is 11.9. The molecule has 0 unspecified atom stereocenters. The first kappa shape index (κ1) is 30.2. The third kappa shape index (κ3) is 5.96. The predicted molar refractivity (Wildman–Crippen MR) is 165 cm³/mol. The molecule has 10 heteroatoms. The van der Waals surface area contributed by atoms with Crippen molar-refractivity contribution >= 4 is 29.8 Å². The van der Waals surface area contributed by atoms with E-state index in [-0.39, 0.29) is 5.02 Å². The van der Waals surface area contributed by atoms with E-state index >= 15 is 0 Å². The molecule has 0 atom stereocenters. The number of hydrogen-bond acceptors (Lipinski definition) is 6. The van der Waals surface area contributed by atoms with Gasteiger partial charge in [0.25, 0.3) is 0 Å². The van der Waals surface area contributed by atoms with Crippen molar-refractivity contribution in [3.8, 4) is 0 Å². The number of nitrogens with two attached hydrogens (primary N) is 1. The molecule has 1 aliphatic carbocycles. The quantitative estimate of drug-likeness (QED) is 0.290. The number of rotatable bonds is 8. The van der Waals surface area contributed by atoms with Gasteiger partial charge in [0.1, 0.15) is 6.29 Å². The summed E-state index contributed by atoms with van der Waals surface area (Å²) >= 11 is 6.35. The van der Waals surface area contributed by atoms with E-state index in [9.17, 15) is 18.0 Å². The molecule has 2 aromatic rings. The molecule has 1 saturated carbocycles. The van der Waals surface area contributed by atoms with Gasteiger partial charge in [-0.05, 0) is 111 Å². The lowest BCUT2D eigenvalue weighted by Gasteiger charge is -2.55. The second-order valence-electron chi connectivity index (χ2n) is 12.6. The highest BCUT2D eigenvalue weighted by atomic mass is 35.5. The Labute approximate surface area is 256 Å². The minimum atomic E-state index is -4.43. The van der Waals surface area contributed by atoms with Crippen LogP contribution < -0.4 is 10.6 Å². The number of carbonyl (C=O) groups is 1. The second-order valence-corrected chi connectivity index (χ2v) is 13.0. The number of aldehydes is 1. The van der Waals surface area contributed by atoms with Crippen LogP contribution in [-0.2, 0) is 11.7 Å². The van der Waals surface area contributed by atoms with Crippen LogP contribution >= 0.6 is 11.6 Å². The number of piperidine rings is 1. The number of hydrogen-bond donors (Lipinski definition) is 1. The summed E-state index contributed by atoms with van der Waals surface area (Å²) in [5.41, 5.74) is 9.36. The topological polar surface area (TPSA) is 65.2 Å². The Morgan fingerprint density at radius 3 is 2.28 bits per heavy atom. The van der Waals surface area contributed by atoms with Gasteiger partial charge in [-0.3, -0.25) is 19.6 Å². The van der Waals surface area contributed by atoms with Crippen LogP contribution in [0.1, 0.15) is 59.2 Å². The van der Waals surface area contributed by atoms with Gasteiger partial charge in [-0.15, -0.1) is 0 Å². The maximum atomic E-state index is 13.2. The zero-order valence-corrected chi connectivity index (χ0v) is 25.2. The number of allylic oxidation sites excluding steroid dienone is 1. The van der Waals surface area contributed by atoms with E-state index in [2.05, 4.69) is 20.8 Å². The van der Waals surface area contributed by atoms with Crippen molar-refractivity contribution in [2.24, 2.45) is 16.6 Å². The maximum absolute atomic E-state index is 13.2. The molecule has 0 radical (unpaired) electrons. The smallest absolute Gasteiger partial charge is 0.404 e. The Morgan fingerprint density at radius 2 is 1.72 bits per heavy atom.